The summed E-state index contributed by atoms with van der Waals surface area (Å²) in [6, 6.07) is 0.364. The van der Waals surface area contributed by atoms with Crippen molar-refractivity contribution >= 4 is 5.91 Å². The van der Waals surface area contributed by atoms with Gasteiger partial charge in [0.25, 0.3) is 0 Å². The molecule has 26 heavy (non-hydrogen) atoms. The minimum Gasteiger partial charge on any atom is -0.370 e. The van der Waals surface area contributed by atoms with Crippen LogP contribution in [0.25, 0.3) is 0 Å². The number of amides is 1. The van der Waals surface area contributed by atoms with Crippen LogP contribution in [0.2, 0.25) is 0 Å². The first-order valence-electron chi connectivity index (χ1n) is 10.4. The molecule has 1 atom stereocenters. The molecule has 2 aliphatic carbocycles. The van der Waals surface area contributed by atoms with E-state index < -0.39 is 0 Å². The van der Waals surface area contributed by atoms with Crippen LogP contribution in [0.4, 0.5) is 4.39 Å². The number of piperazine rings is 1. The van der Waals surface area contributed by atoms with Gasteiger partial charge in [0, 0.05) is 38.1 Å². The highest BCUT2D eigenvalue weighted by Gasteiger charge is 2.28. The van der Waals surface area contributed by atoms with Crippen LogP contribution in [-0.2, 0) is 4.79 Å². The van der Waals surface area contributed by atoms with E-state index in [9.17, 15) is 9.18 Å². The fraction of sp³-hybridized carbons (Fsp3) is 0.762. The van der Waals surface area contributed by atoms with E-state index in [4.69, 9.17) is 0 Å². The Morgan fingerprint density at radius 1 is 1.15 bits per heavy atom. The van der Waals surface area contributed by atoms with Crippen molar-refractivity contribution in [1.82, 2.24) is 15.1 Å². The Morgan fingerprint density at radius 2 is 1.81 bits per heavy atom. The maximum Gasteiger partial charge on any atom is 0.234 e. The Balaban J connectivity index is 1.47. The number of nitrogens with one attached hydrogen (secondary N) is 1. The number of rotatable bonds is 4. The molecular weight excluding hydrogens is 329 g/mol. The van der Waals surface area contributed by atoms with Crippen molar-refractivity contribution in [2.45, 2.75) is 64.8 Å². The third-order valence-corrected chi connectivity index (χ3v) is 6.12. The zero-order chi connectivity index (χ0) is 18.5. The van der Waals surface area contributed by atoms with Crippen molar-refractivity contribution in [3.8, 4) is 0 Å². The number of carbonyl (C=O) groups excluding carboxylic acids is 1. The second-order valence-corrected chi connectivity index (χ2v) is 8.24. The molecular formula is C21H34FN3O. The van der Waals surface area contributed by atoms with Crippen LogP contribution in [0.15, 0.2) is 23.2 Å². The Morgan fingerprint density at radius 3 is 2.46 bits per heavy atom. The summed E-state index contributed by atoms with van der Waals surface area (Å²) in [5.41, 5.74) is 1.64. The van der Waals surface area contributed by atoms with Crippen molar-refractivity contribution in [2.75, 3.05) is 32.7 Å². The molecule has 1 unspecified atom stereocenters. The number of carbonyl (C=O) groups is 1. The molecule has 0 radical (unpaired) electrons. The van der Waals surface area contributed by atoms with E-state index in [0.717, 1.165) is 56.7 Å². The van der Waals surface area contributed by atoms with E-state index in [1.807, 2.05) is 13.0 Å². The summed E-state index contributed by atoms with van der Waals surface area (Å²) in [4.78, 5) is 16.8. The maximum absolute atomic E-state index is 14.6. The Kier molecular flexibility index (Phi) is 6.74. The Bertz CT molecular complexity index is 556. The summed E-state index contributed by atoms with van der Waals surface area (Å²) >= 11 is 0. The van der Waals surface area contributed by atoms with Gasteiger partial charge in [-0.2, -0.15) is 0 Å². The summed E-state index contributed by atoms with van der Waals surface area (Å²) < 4.78 is 14.6. The fourth-order valence-corrected chi connectivity index (χ4v) is 4.47. The van der Waals surface area contributed by atoms with Gasteiger partial charge >= 0.3 is 0 Å². The van der Waals surface area contributed by atoms with E-state index in [1.54, 1.807) is 0 Å². The van der Waals surface area contributed by atoms with E-state index in [0.29, 0.717) is 12.6 Å². The highest BCUT2D eigenvalue weighted by molar-refractivity contribution is 5.78. The van der Waals surface area contributed by atoms with Gasteiger partial charge in [-0.3, -0.25) is 9.69 Å². The van der Waals surface area contributed by atoms with Gasteiger partial charge in [0.2, 0.25) is 5.91 Å². The zero-order valence-corrected chi connectivity index (χ0v) is 16.4. The number of hydrogen-bond donors (Lipinski definition) is 1. The largest absolute Gasteiger partial charge is 0.370 e. The molecule has 1 saturated carbocycles. The lowest BCUT2D eigenvalue weighted by atomic mass is 9.93. The molecule has 1 amide bonds. The number of allylic oxidation sites excluding steroid dienone is 4. The first-order chi connectivity index (χ1) is 12.5. The molecule has 2 fully saturated rings. The van der Waals surface area contributed by atoms with Gasteiger partial charge in [0.05, 0.1) is 12.2 Å². The molecule has 1 saturated heterocycles. The standard InChI is InChI=1S/C21H34FN3O/c1-16-9-10-17(2)21(20(16)22)25-13-11-24(12-14-25)15-19(26)23-18-7-5-3-4-6-8-18/h9,17-18H,3-8,10-15H2,1-2H3,(H,23,26). The van der Waals surface area contributed by atoms with Crippen molar-refractivity contribution in [2.24, 2.45) is 5.92 Å². The first kappa shape index (κ1) is 19.4. The number of hydrogen-bond acceptors (Lipinski definition) is 3. The average molecular weight is 364 g/mol. The van der Waals surface area contributed by atoms with Crippen LogP contribution in [0.1, 0.15) is 58.8 Å². The van der Waals surface area contributed by atoms with Crippen molar-refractivity contribution in [3.05, 3.63) is 23.2 Å². The summed E-state index contributed by atoms with van der Waals surface area (Å²) in [6.07, 6.45) is 10.2. The van der Waals surface area contributed by atoms with Gasteiger partial charge in [-0.25, -0.2) is 4.39 Å². The summed E-state index contributed by atoms with van der Waals surface area (Å²) in [6.45, 7) is 7.68. The smallest absolute Gasteiger partial charge is 0.234 e. The molecule has 5 heteroatoms. The van der Waals surface area contributed by atoms with Gasteiger partial charge in [-0.15, -0.1) is 0 Å². The van der Waals surface area contributed by atoms with Gasteiger partial charge in [-0.1, -0.05) is 38.7 Å². The van der Waals surface area contributed by atoms with Crippen LogP contribution in [0, 0.1) is 5.92 Å². The highest BCUT2D eigenvalue weighted by Crippen LogP contribution is 2.33. The average Bonchev–Trinajstić information content (AvgIpc) is 2.88. The quantitative estimate of drug-likeness (QED) is 0.775. The zero-order valence-electron chi connectivity index (χ0n) is 16.4. The minimum absolute atomic E-state index is 0.0386. The van der Waals surface area contributed by atoms with Crippen molar-refractivity contribution in [3.63, 3.8) is 0 Å². The molecule has 3 rings (SSSR count). The predicted octanol–water partition coefficient (Wildman–Crippen LogP) is 3.61. The summed E-state index contributed by atoms with van der Waals surface area (Å²) in [5, 5.41) is 3.23. The van der Waals surface area contributed by atoms with Gasteiger partial charge < -0.3 is 10.2 Å². The normalized spacial score (nSPS) is 26.5. The Labute approximate surface area is 157 Å². The molecule has 0 spiro atoms. The molecule has 0 aromatic carbocycles. The lowest BCUT2D eigenvalue weighted by Crippen LogP contribution is -2.50. The first-order valence-corrected chi connectivity index (χ1v) is 10.4. The van der Waals surface area contributed by atoms with Crippen LogP contribution in [0.5, 0.6) is 0 Å². The molecule has 1 aliphatic heterocycles. The molecule has 0 aromatic rings. The lowest BCUT2D eigenvalue weighted by Gasteiger charge is -2.40. The van der Waals surface area contributed by atoms with E-state index in [1.165, 1.54) is 25.7 Å². The summed E-state index contributed by atoms with van der Waals surface area (Å²) in [7, 11) is 0. The SMILES string of the molecule is CC1=CCC(C)C(N2CCN(CC(=O)NC3CCCCCC3)CC2)=C1F. The van der Waals surface area contributed by atoms with E-state index >= 15 is 0 Å². The topological polar surface area (TPSA) is 35.6 Å². The van der Waals surface area contributed by atoms with Gasteiger partial charge in [-0.05, 0) is 31.8 Å². The maximum atomic E-state index is 14.6. The molecule has 1 heterocycles. The fourth-order valence-electron chi connectivity index (χ4n) is 4.47. The third kappa shape index (κ3) is 4.87. The van der Waals surface area contributed by atoms with Gasteiger partial charge in [0.15, 0.2) is 0 Å². The number of nitrogens with zero attached hydrogens (tertiary/aromatic N) is 2. The lowest BCUT2D eigenvalue weighted by molar-refractivity contribution is -0.123. The van der Waals surface area contributed by atoms with Crippen LogP contribution in [-0.4, -0.2) is 54.5 Å². The van der Waals surface area contributed by atoms with Gasteiger partial charge in [0.1, 0.15) is 5.83 Å². The minimum atomic E-state index is -0.0386. The molecule has 0 bridgehead atoms. The predicted molar refractivity (Wildman–Crippen MR) is 103 cm³/mol. The molecule has 4 nitrogen and oxygen atoms in total. The molecule has 1 N–H and O–H groups in total. The van der Waals surface area contributed by atoms with Crippen LogP contribution < -0.4 is 5.32 Å². The second-order valence-electron chi connectivity index (χ2n) is 8.24. The Hall–Kier alpha value is -1.36. The number of halogens is 1. The van der Waals surface area contributed by atoms with Crippen molar-refractivity contribution < 1.29 is 9.18 Å². The summed E-state index contributed by atoms with van der Waals surface area (Å²) in [5.74, 6) is 0.354. The van der Waals surface area contributed by atoms with Crippen molar-refractivity contribution in [1.29, 1.82) is 0 Å². The van der Waals surface area contributed by atoms with Crippen LogP contribution in [0.3, 0.4) is 0 Å². The molecule has 3 aliphatic rings. The third-order valence-electron chi connectivity index (χ3n) is 6.12. The highest BCUT2D eigenvalue weighted by atomic mass is 19.1. The monoisotopic (exact) mass is 363 g/mol. The molecule has 0 aromatic heterocycles. The second kappa shape index (κ2) is 9.03. The van der Waals surface area contributed by atoms with Crippen LogP contribution >= 0.6 is 0 Å². The molecule has 146 valence electrons. The van der Waals surface area contributed by atoms with E-state index in [2.05, 4.69) is 22.0 Å². The van der Waals surface area contributed by atoms with E-state index in [-0.39, 0.29) is 17.7 Å².